The Labute approximate surface area is 109 Å². The van der Waals surface area contributed by atoms with Crippen LogP contribution in [0.25, 0.3) is 0 Å². The largest absolute Gasteiger partial charge is 0.481 e. The summed E-state index contributed by atoms with van der Waals surface area (Å²) in [5.41, 5.74) is 5.48. The van der Waals surface area contributed by atoms with Crippen LogP contribution in [-0.2, 0) is 9.59 Å². The van der Waals surface area contributed by atoms with Crippen molar-refractivity contribution in [1.82, 2.24) is 5.32 Å². The molecule has 106 valence electrons. The molecule has 0 spiro atoms. The first kappa shape index (κ1) is 16.9. The molecule has 0 aliphatic heterocycles. The van der Waals surface area contributed by atoms with Gasteiger partial charge < -0.3 is 16.2 Å². The molecule has 0 aliphatic rings. The Morgan fingerprint density at radius 1 is 1.33 bits per heavy atom. The maximum atomic E-state index is 11.5. The highest BCUT2D eigenvalue weighted by molar-refractivity contribution is 5.77. The van der Waals surface area contributed by atoms with Gasteiger partial charge in [0, 0.05) is 19.0 Å². The topological polar surface area (TPSA) is 92.4 Å². The summed E-state index contributed by atoms with van der Waals surface area (Å²) in [5, 5.41) is 11.8. The van der Waals surface area contributed by atoms with Gasteiger partial charge in [0.2, 0.25) is 5.91 Å². The third-order valence-electron chi connectivity index (χ3n) is 2.58. The smallest absolute Gasteiger partial charge is 0.308 e. The van der Waals surface area contributed by atoms with E-state index in [4.69, 9.17) is 10.8 Å². The minimum absolute atomic E-state index is 0.0133. The Morgan fingerprint density at radius 3 is 2.28 bits per heavy atom. The lowest BCUT2D eigenvalue weighted by Crippen LogP contribution is -2.35. The highest BCUT2D eigenvalue weighted by Gasteiger charge is 2.24. The van der Waals surface area contributed by atoms with Gasteiger partial charge in [-0.1, -0.05) is 20.8 Å². The molecule has 0 heterocycles. The minimum atomic E-state index is -0.864. The molecule has 2 atom stereocenters. The van der Waals surface area contributed by atoms with E-state index < -0.39 is 11.9 Å². The molecular weight excluding hydrogens is 232 g/mol. The van der Waals surface area contributed by atoms with E-state index in [1.165, 1.54) is 0 Å². The molecular formula is C13H26N2O3. The van der Waals surface area contributed by atoms with Crippen LogP contribution in [0.15, 0.2) is 0 Å². The molecule has 0 aromatic carbocycles. The predicted octanol–water partition coefficient (Wildman–Crippen LogP) is 1.37. The van der Waals surface area contributed by atoms with Crippen molar-refractivity contribution in [3.63, 3.8) is 0 Å². The first-order valence-corrected chi connectivity index (χ1v) is 6.37. The van der Waals surface area contributed by atoms with Gasteiger partial charge in [0.25, 0.3) is 0 Å². The van der Waals surface area contributed by atoms with Gasteiger partial charge >= 0.3 is 5.97 Å². The highest BCUT2D eigenvalue weighted by Crippen LogP contribution is 2.24. The SMILES string of the molecule is CC(N)CCC(=O)NCC(CC(C)(C)C)C(=O)O. The molecule has 2 unspecified atom stereocenters. The maximum absolute atomic E-state index is 11.5. The molecule has 0 aromatic heterocycles. The van der Waals surface area contributed by atoms with Crippen LogP contribution in [0.2, 0.25) is 0 Å². The van der Waals surface area contributed by atoms with Crippen LogP contribution in [0.1, 0.15) is 47.0 Å². The van der Waals surface area contributed by atoms with Gasteiger partial charge in [0.1, 0.15) is 0 Å². The molecule has 0 aliphatic carbocycles. The molecule has 0 bridgehead atoms. The first-order valence-electron chi connectivity index (χ1n) is 6.37. The Bertz CT molecular complexity index is 282. The van der Waals surface area contributed by atoms with Crippen molar-refractivity contribution >= 4 is 11.9 Å². The normalized spacial score (nSPS) is 14.9. The van der Waals surface area contributed by atoms with Crippen LogP contribution in [-0.4, -0.2) is 29.6 Å². The number of rotatable bonds is 7. The zero-order valence-electron chi connectivity index (χ0n) is 11.8. The summed E-state index contributed by atoms with van der Waals surface area (Å²) in [6, 6.07) is -0.0133. The number of amides is 1. The molecule has 5 nitrogen and oxygen atoms in total. The number of carbonyl (C=O) groups is 2. The van der Waals surface area contributed by atoms with Crippen LogP contribution >= 0.6 is 0 Å². The first-order chi connectivity index (χ1) is 8.11. The second-order valence-electron chi connectivity index (χ2n) is 6.12. The van der Waals surface area contributed by atoms with E-state index in [1.54, 1.807) is 0 Å². The predicted molar refractivity (Wildman–Crippen MR) is 71.1 cm³/mol. The van der Waals surface area contributed by atoms with Gasteiger partial charge in [-0.25, -0.2) is 0 Å². The van der Waals surface area contributed by atoms with Crippen molar-refractivity contribution in [3.8, 4) is 0 Å². The van der Waals surface area contributed by atoms with Crippen molar-refractivity contribution < 1.29 is 14.7 Å². The van der Waals surface area contributed by atoms with E-state index >= 15 is 0 Å². The summed E-state index contributed by atoms with van der Waals surface area (Å²) in [7, 11) is 0. The average molecular weight is 258 g/mol. The molecule has 4 N–H and O–H groups in total. The van der Waals surface area contributed by atoms with Gasteiger partial charge in [-0.2, -0.15) is 0 Å². The van der Waals surface area contributed by atoms with E-state index in [2.05, 4.69) is 5.32 Å². The van der Waals surface area contributed by atoms with Gasteiger partial charge in [0.05, 0.1) is 5.92 Å². The number of carboxylic acids is 1. The number of aliphatic carboxylic acids is 1. The Kier molecular flexibility index (Phi) is 6.91. The second kappa shape index (κ2) is 7.36. The number of nitrogens with two attached hydrogens (primary N) is 1. The van der Waals surface area contributed by atoms with E-state index in [-0.39, 0.29) is 23.9 Å². The van der Waals surface area contributed by atoms with Crippen molar-refractivity contribution in [2.45, 2.75) is 53.0 Å². The standard InChI is InChI=1S/C13H26N2O3/c1-9(14)5-6-11(16)15-8-10(12(17)18)7-13(2,3)4/h9-10H,5-8,14H2,1-4H3,(H,15,16)(H,17,18). The van der Waals surface area contributed by atoms with Crippen LogP contribution in [0.4, 0.5) is 0 Å². The lowest BCUT2D eigenvalue weighted by Gasteiger charge is -2.23. The van der Waals surface area contributed by atoms with Gasteiger partial charge in [-0.15, -0.1) is 0 Å². The van der Waals surface area contributed by atoms with Crippen molar-refractivity contribution in [2.24, 2.45) is 17.1 Å². The zero-order valence-corrected chi connectivity index (χ0v) is 11.8. The number of carboxylic acid groups (broad SMARTS) is 1. The second-order valence-corrected chi connectivity index (χ2v) is 6.12. The third-order valence-corrected chi connectivity index (χ3v) is 2.58. The van der Waals surface area contributed by atoms with Gasteiger partial charge in [-0.3, -0.25) is 9.59 Å². The molecule has 0 saturated heterocycles. The summed E-state index contributed by atoms with van der Waals surface area (Å²) in [6.45, 7) is 7.99. The number of hydrogen-bond donors (Lipinski definition) is 3. The summed E-state index contributed by atoms with van der Waals surface area (Å²) < 4.78 is 0. The van der Waals surface area contributed by atoms with Crippen molar-refractivity contribution in [2.75, 3.05) is 6.54 Å². The third kappa shape index (κ3) is 8.98. The highest BCUT2D eigenvalue weighted by atomic mass is 16.4. The summed E-state index contributed by atoms with van der Waals surface area (Å²) in [6.07, 6.45) is 1.50. The average Bonchev–Trinajstić information content (AvgIpc) is 2.19. The van der Waals surface area contributed by atoms with Crippen molar-refractivity contribution in [3.05, 3.63) is 0 Å². The Morgan fingerprint density at radius 2 is 1.89 bits per heavy atom. The monoisotopic (exact) mass is 258 g/mol. The van der Waals surface area contributed by atoms with Crippen molar-refractivity contribution in [1.29, 1.82) is 0 Å². The van der Waals surface area contributed by atoms with Gasteiger partial charge in [-0.05, 0) is 25.2 Å². The number of nitrogens with one attached hydrogen (secondary N) is 1. The van der Waals surface area contributed by atoms with Crippen LogP contribution in [0, 0.1) is 11.3 Å². The summed E-state index contributed by atoms with van der Waals surface area (Å²) >= 11 is 0. The molecule has 1 amide bonds. The van der Waals surface area contributed by atoms with E-state index in [9.17, 15) is 9.59 Å². The van der Waals surface area contributed by atoms with Crippen LogP contribution in [0.5, 0.6) is 0 Å². The lowest BCUT2D eigenvalue weighted by molar-refractivity contribution is -0.142. The van der Waals surface area contributed by atoms with E-state index in [0.717, 1.165) is 0 Å². The quantitative estimate of drug-likeness (QED) is 0.643. The Hall–Kier alpha value is -1.10. The van der Waals surface area contributed by atoms with Gasteiger partial charge in [0.15, 0.2) is 0 Å². The summed E-state index contributed by atoms with van der Waals surface area (Å²) in [4.78, 5) is 22.6. The molecule has 0 radical (unpaired) electrons. The van der Waals surface area contributed by atoms with Crippen LogP contribution < -0.4 is 11.1 Å². The lowest BCUT2D eigenvalue weighted by atomic mass is 9.84. The molecule has 5 heteroatoms. The molecule has 0 saturated carbocycles. The van der Waals surface area contributed by atoms with Crippen LogP contribution in [0.3, 0.4) is 0 Å². The maximum Gasteiger partial charge on any atom is 0.308 e. The fourth-order valence-corrected chi connectivity index (χ4v) is 1.67. The Balaban J connectivity index is 4.12. The molecule has 0 fully saturated rings. The number of hydrogen-bond acceptors (Lipinski definition) is 3. The zero-order chi connectivity index (χ0) is 14.3. The molecule has 0 rings (SSSR count). The van der Waals surface area contributed by atoms with E-state index in [1.807, 2.05) is 27.7 Å². The molecule has 18 heavy (non-hydrogen) atoms. The fourth-order valence-electron chi connectivity index (χ4n) is 1.67. The van der Waals surface area contributed by atoms with E-state index in [0.29, 0.717) is 19.3 Å². The summed E-state index contributed by atoms with van der Waals surface area (Å²) in [5.74, 6) is -1.53. The fraction of sp³-hybridized carbons (Fsp3) is 0.846. The molecule has 0 aromatic rings. The number of carbonyl (C=O) groups excluding carboxylic acids is 1. The minimum Gasteiger partial charge on any atom is -0.481 e.